The summed E-state index contributed by atoms with van der Waals surface area (Å²) in [5.41, 5.74) is 4.02. The zero-order valence-electron chi connectivity index (χ0n) is 26.8. The first-order valence-electron chi connectivity index (χ1n) is 15.6. The number of pyridine rings is 1. The average Bonchev–Trinajstić information content (AvgIpc) is 3.09. The molecule has 4 heterocycles. The molecule has 3 aromatic carbocycles. The normalized spacial score (nSPS) is 17.6. The van der Waals surface area contributed by atoms with E-state index in [-0.39, 0.29) is 19.1 Å². The molecule has 2 bridgehead atoms. The zero-order valence-corrected chi connectivity index (χ0v) is 28.3. The molecular formula is C37H34Cl2FN3O6. The second-order valence-corrected chi connectivity index (χ2v) is 12.6. The molecule has 9 nitrogen and oxygen atoms in total. The predicted molar refractivity (Wildman–Crippen MR) is 182 cm³/mol. The second kappa shape index (κ2) is 15.4. The molecular weight excluding hydrogens is 672 g/mol. The van der Waals surface area contributed by atoms with Gasteiger partial charge in [-0.25, -0.2) is 14.0 Å². The third-order valence-corrected chi connectivity index (χ3v) is 9.11. The van der Waals surface area contributed by atoms with Gasteiger partial charge >= 0.3 is 11.9 Å². The van der Waals surface area contributed by atoms with Crippen molar-refractivity contribution in [2.45, 2.75) is 31.2 Å². The van der Waals surface area contributed by atoms with E-state index < -0.39 is 29.9 Å². The maximum atomic E-state index is 13.8. The maximum absolute atomic E-state index is 13.8. The van der Waals surface area contributed by atoms with Gasteiger partial charge in [0.25, 0.3) is 0 Å². The Morgan fingerprint density at radius 2 is 1.67 bits per heavy atom. The van der Waals surface area contributed by atoms with Gasteiger partial charge in [0.15, 0.2) is 11.5 Å². The number of halogens is 3. The topological polar surface area (TPSA) is 99.2 Å². The summed E-state index contributed by atoms with van der Waals surface area (Å²) in [7, 11) is 3.06. The molecule has 12 heteroatoms. The first-order valence-corrected chi connectivity index (χ1v) is 16.4. The highest BCUT2D eigenvalue weighted by Crippen LogP contribution is 2.35. The van der Waals surface area contributed by atoms with Crippen LogP contribution in [0.25, 0.3) is 0 Å². The molecule has 0 amide bonds. The summed E-state index contributed by atoms with van der Waals surface area (Å²) in [6.45, 7) is 2.66. The molecule has 3 aliphatic heterocycles. The van der Waals surface area contributed by atoms with Crippen molar-refractivity contribution in [3.8, 4) is 11.5 Å². The standard InChI is InChI=1S/C37H34Cl2FN3O6/c1-46-32-11-8-25(14-34(32)47-2)33(15-29-30(38)17-41-18-31(29)39)49-36(44)26-5-3-4-22(12-26)16-42-35(24-6-9-27(40)10-7-24)37(45)48-28-13-23-19-43(20-23)21-28/h3-14,17-18,28,33,35,42H,15-16,19-21H2,1-2H3/t28-,33+,35?/m1/s1. The summed E-state index contributed by atoms with van der Waals surface area (Å²) >= 11 is 12.9. The van der Waals surface area contributed by atoms with Gasteiger partial charge in [0.1, 0.15) is 24.1 Å². The maximum Gasteiger partial charge on any atom is 0.338 e. The van der Waals surface area contributed by atoms with Crippen molar-refractivity contribution in [3.05, 3.63) is 134 Å². The molecule has 1 aromatic heterocycles. The van der Waals surface area contributed by atoms with E-state index >= 15 is 0 Å². The Kier molecular flexibility index (Phi) is 10.8. The van der Waals surface area contributed by atoms with Gasteiger partial charge < -0.3 is 18.9 Å². The molecule has 3 aliphatic rings. The Balaban J connectivity index is 1.20. The zero-order chi connectivity index (χ0) is 34.5. The number of hydrogen-bond acceptors (Lipinski definition) is 9. The molecule has 1 N–H and O–H groups in total. The van der Waals surface area contributed by atoms with Gasteiger partial charge in [-0.3, -0.25) is 15.2 Å². The molecule has 0 radical (unpaired) electrons. The molecule has 254 valence electrons. The lowest BCUT2D eigenvalue weighted by atomic mass is 9.99. The summed E-state index contributed by atoms with van der Waals surface area (Å²) in [4.78, 5) is 33.3. The van der Waals surface area contributed by atoms with Crippen LogP contribution in [-0.4, -0.2) is 61.8 Å². The van der Waals surface area contributed by atoms with Crippen LogP contribution in [0.15, 0.2) is 90.8 Å². The Morgan fingerprint density at radius 3 is 2.35 bits per heavy atom. The second-order valence-electron chi connectivity index (χ2n) is 11.8. The first kappa shape index (κ1) is 34.4. The van der Waals surface area contributed by atoms with E-state index in [0.717, 1.165) is 13.1 Å². The SMILES string of the molecule is COc1ccc([C@H](Cc2c(Cl)cncc2Cl)OC(=O)c2cccc(CNC(C(=O)O[C@@H]3C=C4CN(C4)C3)c3ccc(F)cc3)c2)cc1OC. The van der Waals surface area contributed by atoms with E-state index in [1.807, 2.05) is 12.1 Å². The Morgan fingerprint density at radius 1 is 0.959 bits per heavy atom. The van der Waals surface area contributed by atoms with Gasteiger partial charge in [-0.1, -0.05) is 53.5 Å². The quantitative estimate of drug-likeness (QED) is 0.121. The van der Waals surface area contributed by atoms with E-state index in [9.17, 15) is 14.0 Å². The lowest BCUT2D eigenvalue weighted by molar-refractivity contribution is -0.151. The van der Waals surface area contributed by atoms with Crippen LogP contribution < -0.4 is 14.8 Å². The molecule has 1 unspecified atom stereocenters. The van der Waals surface area contributed by atoms with Crippen molar-refractivity contribution in [2.24, 2.45) is 0 Å². The monoisotopic (exact) mass is 705 g/mol. The molecule has 7 rings (SSSR count). The van der Waals surface area contributed by atoms with Gasteiger partial charge in [-0.15, -0.1) is 0 Å². The predicted octanol–water partition coefficient (Wildman–Crippen LogP) is 6.68. The van der Waals surface area contributed by atoms with Crippen molar-refractivity contribution in [1.82, 2.24) is 15.2 Å². The fraction of sp³-hybridized carbons (Fsp3) is 0.270. The Hall–Kier alpha value is -4.48. The molecule has 4 aromatic rings. The number of rotatable bonds is 13. The number of ether oxygens (including phenoxy) is 4. The third kappa shape index (κ3) is 8.22. The lowest BCUT2D eigenvalue weighted by Crippen LogP contribution is -2.50. The largest absolute Gasteiger partial charge is 0.493 e. The Bertz CT molecular complexity index is 1840. The van der Waals surface area contributed by atoms with Crippen LogP contribution >= 0.6 is 23.2 Å². The number of methoxy groups -OCH3 is 2. The van der Waals surface area contributed by atoms with Crippen LogP contribution in [0, 0.1) is 5.82 Å². The van der Waals surface area contributed by atoms with Crippen LogP contribution in [0.4, 0.5) is 4.39 Å². The van der Waals surface area contributed by atoms with E-state index in [0.29, 0.717) is 55.9 Å². The average molecular weight is 707 g/mol. The van der Waals surface area contributed by atoms with Crippen molar-refractivity contribution in [1.29, 1.82) is 0 Å². The number of benzene rings is 3. The van der Waals surface area contributed by atoms with Crippen molar-refractivity contribution >= 4 is 35.1 Å². The number of esters is 2. The highest BCUT2D eigenvalue weighted by molar-refractivity contribution is 6.35. The Labute approximate surface area is 293 Å². The van der Waals surface area contributed by atoms with Gasteiger partial charge in [-0.2, -0.15) is 0 Å². The summed E-state index contributed by atoms with van der Waals surface area (Å²) in [6.07, 6.45) is 3.98. The molecule has 0 aliphatic carbocycles. The number of nitrogens with zero attached hydrogens (tertiary/aromatic N) is 2. The van der Waals surface area contributed by atoms with E-state index in [1.165, 1.54) is 44.3 Å². The molecule has 1 fully saturated rings. The van der Waals surface area contributed by atoms with Crippen LogP contribution in [0.1, 0.15) is 44.8 Å². The van der Waals surface area contributed by atoms with Gasteiger partial charge in [0.05, 0.1) is 29.8 Å². The molecule has 3 atom stereocenters. The van der Waals surface area contributed by atoms with Gasteiger partial charge in [0.2, 0.25) is 0 Å². The highest BCUT2D eigenvalue weighted by atomic mass is 35.5. The van der Waals surface area contributed by atoms with Crippen LogP contribution in [0.3, 0.4) is 0 Å². The number of fused-ring (bicyclic) bond motifs is 2. The van der Waals surface area contributed by atoms with E-state index in [1.54, 1.807) is 48.5 Å². The minimum absolute atomic E-state index is 0.166. The summed E-state index contributed by atoms with van der Waals surface area (Å²) < 4.78 is 36.6. The lowest BCUT2D eigenvalue weighted by Gasteiger charge is -2.41. The summed E-state index contributed by atoms with van der Waals surface area (Å²) in [5, 5.41) is 3.92. The fourth-order valence-corrected chi connectivity index (χ4v) is 6.46. The first-order chi connectivity index (χ1) is 23.7. The number of carbonyl (C=O) groups is 2. The minimum Gasteiger partial charge on any atom is -0.493 e. The fourth-order valence-electron chi connectivity index (χ4n) is 5.94. The van der Waals surface area contributed by atoms with Gasteiger partial charge in [0, 0.05) is 45.0 Å². The van der Waals surface area contributed by atoms with E-state index in [4.69, 9.17) is 42.1 Å². The van der Waals surface area contributed by atoms with Crippen molar-refractivity contribution in [3.63, 3.8) is 0 Å². The highest BCUT2D eigenvalue weighted by Gasteiger charge is 2.33. The molecule has 0 saturated carbocycles. The molecule has 49 heavy (non-hydrogen) atoms. The van der Waals surface area contributed by atoms with Crippen LogP contribution in [0.2, 0.25) is 10.0 Å². The number of aromatic nitrogens is 1. The van der Waals surface area contributed by atoms with Crippen molar-refractivity contribution in [2.75, 3.05) is 33.9 Å². The number of carbonyl (C=O) groups excluding carboxylic acids is 2. The molecule has 1 saturated heterocycles. The number of hydrogen-bond donors (Lipinski definition) is 1. The summed E-state index contributed by atoms with van der Waals surface area (Å²) in [6, 6.07) is 17.0. The van der Waals surface area contributed by atoms with Gasteiger partial charge in [-0.05, 0) is 70.3 Å². The molecule has 0 spiro atoms. The van der Waals surface area contributed by atoms with Crippen molar-refractivity contribution < 1.29 is 32.9 Å². The van der Waals surface area contributed by atoms with Crippen LogP contribution in [-0.2, 0) is 27.2 Å². The third-order valence-electron chi connectivity index (χ3n) is 8.46. The number of nitrogens with one attached hydrogen (secondary N) is 1. The summed E-state index contributed by atoms with van der Waals surface area (Å²) in [5.74, 6) is -0.491. The van der Waals surface area contributed by atoms with Crippen LogP contribution in [0.5, 0.6) is 11.5 Å². The van der Waals surface area contributed by atoms with E-state index in [2.05, 4.69) is 15.2 Å². The smallest absolute Gasteiger partial charge is 0.338 e. The minimum atomic E-state index is -0.868.